The molecule has 0 saturated carbocycles. The van der Waals surface area contributed by atoms with Crippen molar-refractivity contribution < 1.29 is 19.1 Å². The monoisotopic (exact) mass is 406 g/mol. The molecule has 1 atom stereocenters. The zero-order chi connectivity index (χ0) is 21.3. The van der Waals surface area contributed by atoms with Crippen molar-refractivity contribution in [3.63, 3.8) is 0 Å². The number of carbonyl (C=O) groups excluding carboxylic acids is 3. The first-order valence-electron chi connectivity index (χ1n) is 10.3. The van der Waals surface area contributed by atoms with Crippen LogP contribution in [-0.2, 0) is 24.1 Å². The van der Waals surface area contributed by atoms with Gasteiger partial charge in [-0.25, -0.2) is 4.79 Å². The molecule has 0 aromatic heterocycles. The van der Waals surface area contributed by atoms with Gasteiger partial charge in [-0.15, -0.1) is 0 Å². The number of imide groups is 1. The van der Waals surface area contributed by atoms with Crippen molar-refractivity contribution in [3.8, 4) is 5.75 Å². The van der Waals surface area contributed by atoms with Gasteiger partial charge < -0.3 is 10.1 Å². The zero-order valence-electron chi connectivity index (χ0n) is 17.4. The Bertz CT molecular complexity index is 1020. The van der Waals surface area contributed by atoms with Gasteiger partial charge in [-0.3, -0.25) is 14.5 Å². The van der Waals surface area contributed by atoms with Crippen LogP contribution in [0.15, 0.2) is 42.5 Å². The average molecular weight is 406 g/mol. The molecule has 1 saturated heterocycles. The Morgan fingerprint density at radius 1 is 1.10 bits per heavy atom. The number of hydrogen-bond acceptors (Lipinski definition) is 4. The lowest BCUT2D eigenvalue weighted by atomic mass is 9.89. The van der Waals surface area contributed by atoms with E-state index < -0.39 is 17.5 Å². The van der Waals surface area contributed by atoms with Crippen LogP contribution in [0.5, 0.6) is 5.75 Å². The molecule has 3 amide bonds. The predicted octanol–water partition coefficient (Wildman–Crippen LogP) is 3.31. The Morgan fingerprint density at radius 2 is 1.83 bits per heavy atom. The number of nitrogens with zero attached hydrogens (tertiary/aromatic N) is 1. The van der Waals surface area contributed by atoms with E-state index in [2.05, 4.69) is 5.32 Å². The average Bonchev–Trinajstić information content (AvgIpc) is 2.96. The van der Waals surface area contributed by atoms with E-state index >= 15 is 0 Å². The molecule has 0 radical (unpaired) electrons. The van der Waals surface area contributed by atoms with Gasteiger partial charge in [-0.1, -0.05) is 30.3 Å². The Hall–Kier alpha value is -3.15. The number of methoxy groups -OCH3 is 1. The predicted molar refractivity (Wildman–Crippen MR) is 113 cm³/mol. The summed E-state index contributed by atoms with van der Waals surface area (Å²) >= 11 is 0. The SMILES string of the molecule is COc1ccccc1C[C@]1(C)NC(=O)N(CC(=O)c2ccc3c(c2)CCCC3)C1=O. The van der Waals surface area contributed by atoms with Gasteiger partial charge in [0.05, 0.1) is 13.7 Å². The first kappa shape index (κ1) is 20.1. The van der Waals surface area contributed by atoms with Gasteiger partial charge in [0, 0.05) is 12.0 Å². The van der Waals surface area contributed by atoms with E-state index in [4.69, 9.17) is 4.74 Å². The molecule has 0 bridgehead atoms. The Labute approximate surface area is 176 Å². The molecule has 0 unspecified atom stereocenters. The molecule has 6 heteroatoms. The number of ether oxygens (including phenoxy) is 1. The van der Waals surface area contributed by atoms with E-state index in [1.807, 2.05) is 36.4 Å². The second-order valence-corrected chi connectivity index (χ2v) is 8.26. The molecule has 1 fully saturated rings. The van der Waals surface area contributed by atoms with E-state index in [0.717, 1.165) is 29.7 Å². The normalized spacial score (nSPS) is 20.7. The van der Waals surface area contributed by atoms with Gasteiger partial charge in [-0.2, -0.15) is 0 Å². The fourth-order valence-corrected chi connectivity index (χ4v) is 4.38. The molecule has 30 heavy (non-hydrogen) atoms. The molecule has 1 N–H and O–H groups in total. The van der Waals surface area contributed by atoms with E-state index in [-0.39, 0.29) is 18.7 Å². The molecule has 6 nitrogen and oxygen atoms in total. The van der Waals surface area contributed by atoms with E-state index in [9.17, 15) is 14.4 Å². The minimum Gasteiger partial charge on any atom is -0.496 e. The van der Waals surface area contributed by atoms with Crippen molar-refractivity contribution in [3.05, 3.63) is 64.7 Å². The fraction of sp³-hybridized carbons (Fsp3) is 0.375. The van der Waals surface area contributed by atoms with Gasteiger partial charge in [0.25, 0.3) is 5.91 Å². The summed E-state index contributed by atoms with van der Waals surface area (Å²) < 4.78 is 5.37. The summed E-state index contributed by atoms with van der Waals surface area (Å²) in [5, 5.41) is 2.77. The number of para-hydroxylation sites is 1. The lowest BCUT2D eigenvalue weighted by Gasteiger charge is -2.23. The highest BCUT2D eigenvalue weighted by Crippen LogP contribution is 2.28. The van der Waals surface area contributed by atoms with Crippen molar-refractivity contribution in [2.75, 3.05) is 13.7 Å². The Morgan fingerprint density at radius 3 is 2.60 bits per heavy atom. The van der Waals surface area contributed by atoms with Crippen molar-refractivity contribution >= 4 is 17.7 Å². The lowest BCUT2D eigenvalue weighted by molar-refractivity contribution is -0.130. The highest BCUT2D eigenvalue weighted by atomic mass is 16.5. The first-order chi connectivity index (χ1) is 14.4. The van der Waals surface area contributed by atoms with Crippen LogP contribution in [0.4, 0.5) is 4.79 Å². The molecule has 156 valence electrons. The number of benzene rings is 2. The van der Waals surface area contributed by atoms with Crippen LogP contribution in [0.3, 0.4) is 0 Å². The number of urea groups is 1. The third-order valence-electron chi connectivity index (χ3n) is 6.05. The van der Waals surface area contributed by atoms with Gasteiger partial charge in [0.2, 0.25) is 0 Å². The van der Waals surface area contributed by atoms with E-state index in [1.54, 1.807) is 20.1 Å². The number of hydrogen-bond donors (Lipinski definition) is 1. The smallest absolute Gasteiger partial charge is 0.325 e. The number of Topliss-reactive ketones (excluding diaryl/α,β-unsaturated/α-hetero) is 1. The highest BCUT2D eigenvalue weighted by Gasteiger charge is 2.48. The van der Waals surface area contributed by atoms with Crippen LogP contribution in [0.2, 0.25) is 0 Å². The zero-order valence-corrected chi connectivity index (χ0v) is 17.4. The van der Waals surface area contributed by atoms with E-state index in [0.29, 0.717) is 11.3 Å². The standard InChI is InChI=1S/C24H26N2O4/c1-24(14-19-9-5-6-10-21(19)30-2)22(28)26(23(29)25-24)15-20(27)18-12-11-16-7-3-4-8-17(16)13-18/h5-6,9-13H,3-4,7-8,14-15H2,1-2H3,(H,25,29)/t24-/m0/s1. The summed E-state index contributed by atoms with van der Waals surface area (Å²) in [5.74, 6) is 0.0301. The number of nitrogens with one attached hydrogen (secondary N) is 1. The van der Waals surface area contributed by atoms with Crippen molar-refractivity contribution in [2.45, 2.75) is 44.6 Å². The van der Waals surface area contributed by atoms with E-state index in [1.165, 1.54) is 17.5 Å². The maximum Gasteiger partial charge on any atom is 0.325 e. The minimum absolute atomic E-state index is 0.228. The number of fused-ring (bicyclic) bond motifs is 1. The maximum atomic E-state index is 13.1. The van der Waals surface area contributed by atoms with Crippen LogP contribution in [0.1, 0.15) is 46.8 Å². The largest absolute Gasteiger partial charge is 0.496 e. The second-order valence-electron chi connectivity index (χ2n) is 8.26. The quantitative estimate of drug-likeness (QED) is 0.590. The van der Waals surface area contributed by atoms with Crippen LogP contribution >= 0.6 is 0 Å². The summed E-state index contributed by atoms with van der Waals surface area (Å²) in [4.78, 5) is 39.5. The Kier molecular flexibility index (Phi) is 5.33. The first-order valence-corrected chi connectivity index (χ1v) is 10.3. The molecule has 1 aliphatic heterocycles. The molecular weight excluding hydrogens is 380 g/mol. The minimum atomic E-state index is -1.12. The van der Waals surface area contributed by atoms with Crippen molar-refractivity contribution in [1.82, 2.24) is 10.2 Å². The lowest BCUT2D eigenvalue weighted by Crippen LogP contribution is -2.46. The molecule has 2 aromatic carbocycles. The van der Waals surface area contributed by atoms with Gasteiger partial charge >= 0.3 is 6.03 Å². The molecule has 2 aliphatic rings. The van der Waals surface area contributed by atoms with Crippen LogP contribution in [-0.4, -0.2) is 41.8 Å². The fourth-order valence-electron chi connectivity index (χ4n) is 4.38. The number of aryl methyl sites for hydroxylation is 2. The highest BCUT2D eigenvalue weighted by molar-refractivity contribution is 6.11. The number of ketones is 1. The third-order valence-corrected chi connectivity index (χ3v) is 6.05. The summed E-state index contributed by atoms with van der Waals surface area (Å²) in [6.45, 7) is 1.42. The number of carbonyl (C=O) groups is 3. The van der Waals surface area contributed by atoms with Crippen LogP contribution in [0.25, 0.3) is 0 Å². The molecule has 1 heterocycles. The molecule has 1 aliphatic carbocycles. The van der Waals surface area contributed by atoms with Crippen LogP contribution < -0.4 is 10.1 Å². The number of amides is 3. The van der Waals surface area contributed by atoms with Crippen LogP contribution in [0, 0.1) is 0 Å². The van der Waals surface area contributed by atoms with Gasteiger partial charge in [0.15, 0.2) is 5.78 Å². The van der Waals surface area contributed by atoms with Gasteiger partial charge in [-0.05, 0) is 61.4 Å². The molecule has 4 rings (SSSR count). The summed E-state index contributed by atoms with van der Waals surface area (Å²) in [6.07, 6.45) is 4.59. The number of rotatable bonds is 6. The third kappa shape index (κ3) is 3.70. The molecule has 0 spiro atoms. The van der Waals surface area contributed by atoms with Gasteiger partial charge in [0.1, 0.15) is 11.3 Å². The summed E-state index contributed by atoms with van der Waals surface area (Å²) in [5.41, 5.74) is 2.73. The molecule has 2 aromatic rings. The Balaban J connectivity index is 1.50. The second kappa shape index (κ2) is 7.94. The topological polar surface area (TPSA) is 75.7 Å². The maximum absolute atomic E-state index is 13.1. The summed E-state index contributed by atoms with van der Waals surface area (Å²) in [6, 6.07) is 12.6. The van der Waals surface area contributed by atoms with Crippen molar-refractivity contribution in [1.29, 1.82) is 0 Å². The van der Waals surface area contributed by atoms with Crippen molar-refractivity contribution in [2.24, 2.45) is 0 Å². The summed E-state index contributed by atoms with van der Waals surface area (Å²) in [7, 11) is 1.57. The molecular formula is C24H26N2O4.